The third-order valence-corrected chi connectivity index (χ3v) is 8.48. The van der Waals surface area contributed by atoms with Crippen LogP contribution in [0.4, 0.5) is 0 Å². The molecule has 1 heterocycles. The summed E-state index contributed by atoms with van der Waals surface area (Å²) in [5.41, 5.74) is 8.34. The molecule has 1 fully saturated rings. The number of thiazole rings is 1. The lowest BCUT2D eigenvalue weighted by Gasteiger charge is -2.32. The highest BCUT2D eigenvalue weighted by Gasteiger charge is 2.29. The van der Waals surface area contributed by atoms with Crippen molar-refractivity contribution in [3.05, 3.63) is 40.4 Å². The van der Waals surface area contributed by atoms with Crippen LogP contribution in [0.2, 0.25) is 0 Å². The SMILES string of the molecule is CCC(=O)N[C@@H](Cc1nc2ccc(C(C)C)cc2s1)C(=O)N[C@@H](CC=C(CN(C)C)C(N)=O)C1CCCCC1. The van der Waals surface area contributed by atoms with E-state index in [4.69, 9.17) is 10.7 Å². The third kappa shape index (κ3) is 9.14. The van der Waals surface area contributed by atoms with E-state index >= 15 is 0 Å². The second kappa shape index (κ2) is 14.6. The predicted octanol–water partition coefficient (Wildman–Crippen LogP) is 4.29. The molecule has 1 aliphatic rings. The fourth-order valence-electron chi connectivity index (χ4n) is 5.16. The normalized spacial score (nSPS) is 16.4. The van der Waals surface area contributed by atoms with Crippen LogP contribution in [0.3, 0.4) is 0 Å². The molecule has 0 unspecified atom stereocenters. The van der Waals surface area contributed by atoms with Crippen LogP contribution in [-0.2, 0) is 20.8 Å². The molecule has 39 heavy (non-hydrogen) atoms. The number of nitrogens with zero attached hydrogens (tertiary/aromatic N) is 2. The summed E-state index contributed by atoms with van der Waals surface area (Å²) in [6, 6.07) is 5.42. The highest BCUT2D eigenvalue weighted by molar-refractivity contribution is 7.18. The van der Waals surface area contributed by atoms with Crippen molar-refractivity contribution in [3.63, 3.8) is 0 Å². The number of rotatable bonds is 13. The van der Waals surface area contributed by atoms with Crippen molar-refractivity contribution >= 4 is 39.3 Å². The molecule has 0 radical (unpaired) electrons. The quantitative estimate of drug-likeness (QED) is 0.319. The number of amides is 3. The fourth-order valence-corrected chi connectivity index (χ4v) is 6.22. The standard InChI is InChI=1S/C30H45N5O3S/c1-6-27(36)32-25(17-28-33-24-15-12-21(19(2)3)16-26(24)39-28)30(38)34-23(20-10-8-7-9-11-20)14-13-22(29(31)37)18-35(4)5/h12-13,15-16,19-20,23,25H,6-11,14,17-18H2,1-5H3,(H2,31,37)(H,32,36)(H,34,38)/t23-,25-/m0/s1. The average molecular weight is 556 g/mol. The maximum absolute atomic E-state index is 13.7. The van der Waals surface area contributed by atoms with Crippen molar-refractivity contribution in [3.8, 4) is 0 Å². The van der Waals surface area contributed by atoms with Crippen LogP contribution in [0.1, 0.15) is 82.2 Å². The molecule has 2 atom stereocenters. The second-order valence-corrected chi connectivity index (χ2v) is 12.4. The number of fused-ring (bicyclic) bond motifs is 1. The molecule has 0 bridgehead atoms. The zero-order valence-corrected chi connectivity index (χ0v) is 24.9. The molecule has 0 saturated heterocycles. The Kier molecular flexibility index (Phi) is 11.5. The minimum absolute atomic E-state index is 0.140. The molecule has 2 aromatic rings. The number of carbonyl (C=O) groups excluding carboxylic acids is 3. The summed E-state index contributed by atoms with van der Waals surface area (Å²) in [5, 5.41) is 7.00. The molecule has 9 heteroatoms. The summed E-state index contributed by atoms with van der Waals surface area (Å²) in [5.74, 6) is -0.0969. The first-order valence-corrected chi connectivity index (χ1v) is 15.0. The maximum atomic E-state index is 13.7. The van der Waals surface area contributed by atoms with E-state index < -0.39 is 11.9 Å². The second-order valence-electron chi connectivity index (χ2n) is 11.2. The molecular formula is C30H45N5O3S. The van der Waals surface area contributed by atoms with Crippen molar-refractivity contribution in [1.82, 2.24) is 20.5 Å². The Bertz CT molecular complexity index is 1170. The number of benzene rings is 1. The van der Waals surface area contributed by atoms with Crippen molar-refractivity contribution in [1.29, 1.82) is 0 Å². The number of hydrogen-bond acceptors (Lipinski definition) is 6. The lowest BCUT2D eigenvalue weighted by Crippen LogP contribution is -2.52. The predicted molar refractivity (Wildman–Crippen MR) is 159 cm³/mol. The summed E-state index contributed by atoms with van der Waals surface area (Å²) >= 11 is 1.57. The molecular weight excluding hydrogens is 510 g/mol. The summed E-state index contributed by atoms with van der Waals surface area (Å²) in [4.78, 5) is 44.8. The number of likely N-dealkylation sites (N-methyl/N-ethyl adjacent to an activating group) is 1. The van der Waals surface area contributed by atoms with Gasteiger partial charge in [-0.15, -0.1) is 11.3 Å². The van der Waals surface area contributed by atoms with E-state index in [-0.39, 0.29) is 17.9 Å². The van der Waals surface area contributed by atoms with Gasteiger partial charge in [0.05, 0.1) is 15.2 Å². The van der Waals surface area contributed by atoms with Gasteiger partial charge in [0.25, 0.3) is 0 Å². The van der Waals surface area contributed by atoms with E-state index in [0.717, 1.165) is 40.9 Å². The third-order valence-electron chi connectivity index (χ3n) is 7.44. The van der Waals surface area contributed by atoms with Crippen molar-refractivity contribution < 1.29 is 14.4 Å². The summed E-state index contributed by atoms with van der Waals surface area (Å²) in [6.45, 7) is 6.55. The van der Waals surface area contributed by atoms with Crippen LogP contribution in [0.25, 0.3) is 10.2 Å². The Labute approximate surface area is 236 Å². The lowest BCUT2D eigenvalue weighted by molar-refractivity contribution is -0.129. The summed E-state index contributed by atoms with van der Waals surface area (Å²) in [6.07, 6.45) is 8.53. The van der Waals surface area contributed by atoms with E-state index in [2.05, 4.69) is 36.6 Å². The average Bonchev–Trinajstić information content (AvgIpc) is 3.31. The van der Waals surface area contributed by atoms with Crippen LogP contribution in [0, 0.1) is 5.92 Å². The van der Waals surface area contributed by atoms with Gasteiger partial charge in [-0.1, -0.05) is 52.2 Å². The Morgan fingerprint density at radius 3 is 2.49 bits per heavy atom. The van der Waals surface area contributed by atoms with Crippen molar-refractivity contribution in [2.24, 2.45) is 11.7 Å². The molecule has 1 saturated carbocycles. The molecule has 0 spiro atoms. The molecule has 3 amide bonds. The van der Waals surface area contributed by atoms with E-state index in [1.807, 2.05) is 31.1 Å². The maximum Gasteiger partial charge on any atom is 0.245 e. The van der Waals surface area contributed by atoms with Gasteiger partial charge in [0.2, 0.25) is 17.7 Å². The number of hydrogen-bond donors (Lipinski definition) is 3. The first kappa shape index (κ1) is 30.8. The molecule has 0 aliphatic heterocycles. The molecule has 1 aromatic carbocycles. The monoisotopic (exact) mass is 555 g/mol. The minimum atomic E-state index is -0.727. The van der Waals surface area contributed by atoms with Crippen LogP contribution in [-0.4, -0.2) is 60.3 Å². The van der Waals surface area contributed by atoms with Gasteiger partial charge in [0.15, 0.2) is 0 Å². The Morgan fingerprint density at radius 2 is 1.87 bits per heavy atom. The lowest BCUT2D eigenvalue weighted by atomic mass is 9.82. The summed E-state index contributed by atoms with van der Waals surface area (Å²) in [7, 11) is 3.79. The van der Waals surface area contributed by atoms with Gasteiger partial charge in [0.1, 0.15) is 6.04 Å². The number of nitrogens with two attached hydrogens (primary N) is 1. The van der Waals surface area contributed by atoms with Crippen LogP contribution >= 0.6 is 11.3 Å². The smallest absolute Gasteiger partial charge is 0.245 e. The Morgan fingerprint density at radius 1 is 1.15 bits per heavy atom. The van der Waals surface area contributed by atoms with E-state index in [1.165, 1.54) is 12.0 Å². The van der Waals surface area contributed by atoms with Gasteiger partial charge in [-0.25, -0.2) is 4.98 Å². The first-order chi connectivity index (χ1) is 18.6. The van der Waals surface area contributed by atoms with Crippen molar-refractivity contribution in [2.75, 3.05) is 20.6 Å². The molecule has 214 valence electrons. The van der Waals surface area contributed by atoms with E-state index in [1.54, 1.807) is 18.3 Å². The van der Waals surface area contributed by atoms with Gasteiger partial charge in [-0.3, -0.25) is 14.4 Å². The fraction of sp³-hybridized carbons (Fsp3) is 0.600. The van der Waals surface area contributed by atoms with E-state index in [9.17, 15) is 14.4 Å². The van der Waals surface area contributed by atoms with Gasteiger partial charge < -0.3 is 21.3 Å². The zero-order valence-electron chi connectivity index (χ0n) is 24.1. The number of primary amides is 1. The van der Waals surface area contributed by atoms with Crippen LogP contribution in [0.15, 0.2) is 29.8 Å². The number of carbonyl (C=O) groups is 3. The highest BCUT2D eigenvalue weighted by Crippen LogP contribution is 2.29. The van der Waals surface area contributed by atoms with Crippen LogP contribution in [0.5, 0.6) is 0 Å². The highest BCUT2D eigenvalue weighted by atomic mass is 32.1. The topological polar surface area (TPSA) is 117 Å². The van der Waals surface area contributed by atoms with Gasteiger partial charge in [-0.05, 0) is 62.9 Å². The molecule has 3 rings (SSSR count). The molecule has 1 aliphatic carbocycles. The first-order valence-electron chi connectivity index (χ1n) is 14.2. The summed E-state index contributed by atoms with van der Waals surface area (Å²) < 4.78 is 1.09. The zero-order chi connectivity index (χ0) is 28.5. The Balaban J connectivity index is 1.83. The van der Waals surface area contributed by atoms with Crippen LogP contribution < -0.4 is 16.4 Å². The largest absolute Gasteiger partial charge is 0.366 e. The number of nitrogens with one attached hydrogen (secondary N) is 2. The molecule has 4 N–H and O–H groups in total. The van der Waals surface area contributed by atoms with Crippen molar-refractivity contribution in [2.45, 2.75) is 90.1 Å². The minimum Gasteiger partial charge on any atom is -0.366 e. The Hall–Kier alpha value is -2.78. The molecule has 8 nitrogen and oxygen atoms in total. The molecule has 1 aromatic heterocycles. The number of aromatic nitrogens is 1. The van der Waals surface area contributed by atoms with Gasteiger partial charge in [-0.2, -0.15) is 0 Å². The van der Waals surface area contributed by atoms with Gasteiger partial charge >= 0.3 is 0 Å². The van der Waals surface area contributed by atoms with E-state index in [0.29, 0.717) is 43.2 Å². The van der Waals surface area contributed by atoms with Gasteiger partial charge in [0, 0.05) is 31.0 Å².